The first-order valence-electron chi connectivity index (χ1n) is 5.13. The summed E-state index contributed by atoms with van der Waals surface area (Å²) >= 11 is 6.38. The highest BCUT2D eigenvalue weighted by Crippen LogP contribution is 2.20. The zero-order chi connectivity index (χ0) is 13.8. The van der Waals surface area contributed by atoms with Gasteiger partial charge in [-0.3, -0.25) is 4.79 Å². The Balaban J connectivity index is 2.04. The molecule has 98 valence electrons. The van der Waals surface area contributed by atoms with Gasteiger partial charge in [0, 0.05) is 10.0 Å². The number of hydrogen-bond donors (Lipinski definition) is 2. The van der Waals surface area contributed by atoms with E-state index in [4.69, 9.17) is 4.42 Å². The average Bonchev–Trinajstić information content (AvgIpc) is 2.80. The molecule has 0 bridgehead atoms. The van der Waals surface area contributed by atoms with Crippen molar-refractivity contribution in [2.75, 3.05) is 0 Å². The maximum absolute atomic E-state index is 11.6. The summed E-state index contributed by atoms with van der Waals surface area (Å²) in [5.74, 6) is -0.263. The van der Waals surface area contributed by atoms with Crippen LogP contribution in [0.1, 0.15) is 16.1 Å². The monoisotopic (exact) mass is 386 g/mol. The van der Waals surface area contributed by atoms with Crippen LogP contribution in [-0.4, -0.2) is 17.2 Å². The number of aromatic hydroxyl groups is 1. The molecule has 2 rings (SSSR count). The predicted molar refractivity (Wildman–Crippen MR) is 77.3 cm³/mol. The van der Waals surface area contributed by atoms with E-state index >= 15 is 0 Å². The zero-order valence-corrected chi connectivity index (χ0v) is 12.6. The maximum Gasteiger partial charge on any atom is 0.307 e. The summed E-state index contributed by atoms with van der Waals surface area (Å²) < 4.78 is 6.33. The fourth-order valence-corrected chi connectivity index (χ4v) is 1.97. The first-order valence-corrected chi connectivity index (χ1v) is 6.72. The van der Waals surface area contributed by atoms with Gasteiger partial charge in [-0.25, -0.2) is 5.43 Å². The fraction of sp³-hybridized carbons (Fsp3) is 0. The zero-order valence-electron chi connectivity index (χ0n) is 9.43. The van der Waals surface area contributed by atoms with Crippen LogP contribution in [0.25, 0.3) is 0 Å². The lowest BCUT2D eigenvalue weighted by atomic mass is 10.2. The molecule has 1 amide bonds. The number of hydrogen-bond acceptors (Lipinski definition) is 4. The first kappa shape index (κ1) is 13.8. The Kier molecular flexibility index (Phi) is 4.39. The first-order chi connectivity index (χ1) is 9.06. The Bertz CT molecular complexity index is 638. The maximum atomic E-state index is 11.6. The topological polar surface area (TPSA) is 74.8 Å². The van der Waals surface area contributed by atoms with Crippen molar-refractivity contribution in [2.45, 2.75) is 0 Å². The number of phenolic OH excluding ortho intramolecular Hbond substituents is 1. The van der Waals surface area contributed by atoms with E-state index in [9.17, 15) is 9.90 Å². The highest BCUT2D eigenvalue weighted by Gasteiger charge is 2.08. The Morgan fingerprint density at radius 1 is 1.32 bits per heavy atom. The molecule has 19 heavy (non-hydrogen) atoms. The quantitative estimate of drug-likeness (QED) is 0.626. The van der Waals surface area contributed by atoms with Gasteiger partial charge in [0.15, 0.2) is 10.4 Å². The van der Waals surface area contributed by atoms with E-state index in [0.717, 1.165) is 4.47 Å². The normalized spacial score (nSPS) is 10.8. The molecular formula is C12H8Br2N2O3. The molecule has 1 aromatic carbocycles. The third kappa shape index (κ3) is 3.68. The highest BCUT2D eigenvalue weighted by molar-refractivity contribution is 9.10. The van der Waals surface area contributed by atoms with Gasteiger partial charge in [-0.1, -0.05) is 15.9 Å². The molecule has 0 saturated carbocycles. The van der Waals surface area contributed by atoms with Crippen molar-refractivity contribution in [2.24, 2.45) is 5.10 Å². The molecule has 0 aliphatic rings. The number of amides is 1. The number of hydrazone groups is 1. The molecule has 1 heterocycles. The van der Waals surface area contributed by atoms with Crippen LogP contribution in [0, 0.1) is 0 Å². The minimum absolute atomic E-state index is 0.0712. The summed E-state index contributed by atoms with van der Waals surface area (Å²) in [6, 6.07) is 8.03. The van der Waals surface area contributed by atoms with E-state index in [1.165, 1.54) is 18.3 Å². The van der Waals surface area contributed by atoms with Crippen LogP contribution in [0.15, 0.2) is 49.0 Å². The number of benzene rings is 1. The second-order valence-electron chi connectivity index (χ2n) is 3.51. The van der Waals surface area contributed by atoms with Crippen molar-refractivity contribution in [3.63, 3.8) is 0 Å². The molecule has 1 aromatic heterocycles. The Morgan fingerprint density at radius 3 is 2.79 bits per heavy atom. The lowest BCUT2D eigenvalue weighted by molar-refractivity contribution is 0.0926. The molecule has 0 spiro atoms. The van der Waals surface area contributed by atoms with Gasteiger partial charge < -0.3 is 9.52 Å². The Labute approximate surface area is 125 Å². The van der Waals surface area contributed by atoms with E-state index in [-0.39, 0.29) is 11.5 Å². The molecule has 2 aromatic rings. The number of carbonyl (C=O) groups excluding carboxylic acids is 1. The number of furan rings is 1. The third-order valence-corrected chi connectivity index (χ3v) is 3.08. The number of phenols is 1. The van der Waals surface area contributed by atoms with Crippen LogP contribution >= 0.6 is 31.9 Å². The van der Waals surface area contributed by atoms with Crippen LogP contribution in [-0.2, 0) is 0 Å². The smallest absolute Gasteiger partial charge is 0.307 e. The van der Waals surface area contributed by atoms with Crippen LogP contribution in [0.3, 0.4) is 0 Å². The van der Waals surface area contributed by atoms with Crippen molar-refractivity contribution in [1.82, 2.24) is 5.43 Å². The molecule has 0 aliphatic heterocycles. The summed E-state index contributed by atoms with van der Waals surface area (Å²) in [5, 5.41) is 13.3. The molecule has 0 fully saturated rings. The molecule has 5 nitrogen and oxygen atoms in total. The Hall–Kier alpha value is -1.60. The number of nitrogens with zero attached hydrogens (tertiary/aromatic N) is 1. The van der Waals surface area contributed by atoms with Gasteiger partial charge in [-0.2, -0.15) is 5.10 Å². The summed E-state index contributed by atoms with van der Waals surface area (Å²) in [7, 11) is 0. The van der Waals surface area contributed by atoms with E-state index in [1.54, 1.807) is 18.2 Å². The lowest BCUT2D eigenvalue weighted by Crippen LogP contribution is -2.16. The minimum atomic E-state index is -0.476. The van der Waals surface area contributed by atoms with Gasteiger partial charge in [-0.15, -0.1) is 0 Å². The molecular weight excluding hydrogens is 380 g/mol. The lowest BCUT2D eigenvalue weighted by Gasteiger charge is -1.99. The second kappa shape index (κ2) is 6.03. The van der Waals surface area contributed by atoms with Crippen LogP contribution in [0.5, 0.6) is 5.75 Å². The predicted octanol–water partition coefficient (Wildman–Crippen LogP) is 3.27. The van der Waals surface area contributed by atoms with E-state index in [0.29, 0.717) is 10.2 Å². The van der Waals surface area contributed by atoms with Gasteiger partial charge in [0.25, 0.3) is 0 Å². The number of carbonyl (C=O) groups is 1. The molecule has 0 radical (unpaired) electrons. The van der Waals surface area contributed by atoms with Crippen molar-refractivity contribution in [1.29, 1.82) is 0 Å². The summed E-state index contributed by atoms with van der Waals surface area (Å²) in [4.78, 5) is 11.6. The third-order valence-electron chi connectivity index (χ3n) is 2.16. The molecule has 2 N–H and O–H groups in total. The van der Waals surface area contributed by atoms with Gasteiger partial charge in [0.1, 0.15) is 5.75 Å². The van der Waals surface area contributed by atoms with Gasteiger partial charge in [0.05, 0.1) is 6.21 Å². The van der Waals surface area contributed by atoms with E-state index < -0.39 is 5.91 Å². The molecule has 0 unspecified atom stereocenters. The van der Waals surface area contributed by atoms with Crippen molar-refractivity contribution >= 4 is 44.0 Å². The summed E-state index contributed by atoms with van der Waals surface area (Å²) in [5.41, 5.74) is 2.78. The minimum Gasteiger partial charge on any atom is -0.507 e. The van der Waals surface area contributed by atoms with Gasteiger partial charge in [0.2, 0.25) is 0 Å². The second-order valence-corrected chi connectivity index (χ2v) is 5.20. The summed E-state index contributed by atoms with van der Waals surface area (Å²) in [6.45, 7) is 0. The SMILES string of the molecule is O=C(NN=Cc1cc(Br)ccc1O)c1ccc(Br)o1. The van der Waals surface area contributed by atoms with Gasteiger partial charge >= 0.3 is 5.91 Å². The molecule has 0 saturated heterocycles. The molecule has 0 aliphatic carbocycles. The Morgan fingerprint density at radius 2 is 2.11 bits per heavy atom. The van der Waals surface area contributed by atoms with Crippen LogP contribution in [0.4, 0.5) is 0 Å². The van der Waals surface area contributed by atoms with Crippen LogP contribution < -0.4 is 5.43 Å². The number of nitrogens with one attached hydrogen (secondary N) is 1. The molecule has 7 heteroatoms. The largest absolute Gasteiger partial charge is 0.507 e. The van der Waals surface area contributed by atoms with Crippen molar-refractivity contribution < 1.29 is 14.3 Å². The van der Waals surface area contributed by atoms with E-state index in [1.807, 2.05) is 0 Å². The molecule has 0 atom stereocenters. The van der Waals surface area contributed by atoms with Gasteiger partial charge in [-0.05, 0) is 46.3 Å². The van der Waals surface area contributed by atoms with Crippen molar-refractivity contribution in [3.05, 3.63) is 50.8 Å². The highest BCUT2D eigenvalue weighted by atomic mass is 79.9. The summed E-state index contributed by atoms with van der Waals surface area (Å²) in [6.07, 6.45) is 1.34. The number of rotatable bonds is 3. The van der Waals surface area contributed by atoms with Crippen LogP contribution in [0.2, 0.25) is 0 Å². The van der Waals surface area contributed by atoms with E-state index in [2.05, 4.69) is 42.4 Å². The average molecular weight is 388 g/mol. The fourth-order valence-electron chi connectivity index (χ4n) is 1.28. The number of halogens is 2. The van der Waals surface area contributed by atoms with Crippen molar-refractivity contribution in [3.8, 4) is 5.75 Å². The standard InChI is InChI=1S/C12H8Br2N2O3/c13-8-1-2-9(17)7(5-8)6-15-16-12(18)10-3-4-11(14)19-10/h1-6,17H,(H,16,18).